The molecule has 0 radical (unpaired) electrons. The van der Waals surface area contributed by atoms with Crippen LogP contribution < -0.4 is 9.47 Å². The maximum atomic E-state index is 15.1. The number of hydrogen-bond donors (Lipinski definition) is 2. The monoisotopic (exact) mass is 548 g/mol. The molecule has 1 saturated carbocycles. The summed E-state index contributed by atoms with van der Waals surface area (Å²) in [5.74, 6) is -1.33. The molecule has 40 heavy (non-hydrogen) atoms. The number of carboxylic acids is 1. The van der Waals surface area contributed by atoms with Gasteiger partial charge in [0.2, 0.25) is 0 Å². The first kappa shape index (κ1) is 28.1. The Morgan fingerprint density at radius 3 is 2.58 bits per heavy atom. The van der Waals surface area contributed by atoms with Gasteiger partial charge in [-0.25, -0.2) is 4.39 Å². The molecule has 1 heterocycles. The van der Waals surface area contributed by atoms with E-state index in [-0.39, 0.29) is 18.9 Å². The topological polar surface area (TPSA) is 85.2 Å². The molecule has 0 bridgehead atoms. The number of benzene rings is 3. The highest BCUT2D eigenvalue weighted by atomic mass is 19.1. The van der Waals surface area contributed by atoms with Gasteiger partial charge in [-0.3, -0.25) is 4.79 Å². The van der Waals surface area contributed by atoms with Gasteiger partial charge in [-0.05, 0) is 90.6 Å². The Bertz CT molecular complexity index is 1380. The predicted molar refractivity (Wildman–Crippen MR) is 150 cm³/mol. The molecule has 2 N–H and O–H groups in total. The van der Waals surface area contributed by atoms with Crippen LogP contribution in [0.25, 0.3) is 11.1 Å². The fourth-order valence-corrected chi connectivity index (χ4v) is 5.82. The maximum absolute atomic E-state index is 15.1. The van der Waals surface area contributed by atoms with Crippen LogP contribution in [0.5, 0.6) is 11.5 Å². The first-order valence-electron chi connectivity index (χ1n) is 13.9. The van der Waals surface area contributed by atoms with Crippen molar-refractivity contribution in [2.24, 2.45) is 11.3 Å². The highest BCUT2D eigenvalue weighted by Gasteiger charge is 2.49. The van der Waals surface area contributed by atoms with E-state index < -0.39 is 23.0 Å². The minimum absolute atomic E-state index is 0.0235. The summed E-state index contributed by atoms with van der Waals surface area (Å²) >= 11 is 0. The first-order chi connectivity index (χ1) is 19.1. The van der Waals surface area contributed by atoms with Crippen LogP contribution in [-0.4, -0.2) is 29.9 Å². The van der Waals surface area contributed by atoms with E-state index in [9.17, 15) is 15.0 Å². The lowest BCUT2D eigenvalue weighted by Gasteiger charge is -2.47. The Morgan fingerprint density at radius 2 is 1.88 bits per heavy atom. The third-order valence-corrected chi connectivity index (χ3v) is 8.36. The van der Waals surface area contributed by atoms with Gasteiger partial charge in [-0.2, -0.15) is 0 Å². The second-order valence-corrected chi connectivity index (χ2v) is 11.6. The van der Waals surface area contributed by atoms with Gasteiger partial charge in [0, 0.05) is 16.5 Å². The maximum Gasteiger partial charge on any atom is 0.303 e. The quantitative estimate of drug-likeness (QED) is 0.283. The van der Waals surface area contributed by atoms with E-state index in [1.807, 2.05) is 50.2 Å². The molecule has 2 aliphatic rings. The van der Waals surface area contributed by atoms with E-state index >= 15 is 4.39 Å². The predicted octanol–water partition coefficient (Wildman–Crippen LogP) is 7.03. The molecule has 3 aromatic carbocycles. The van der Waals surface area contributed by atoms with Crippen LogP contribution in [0.1, 0.15) is 68.6 Å². The fourth-order valence-electron chi connectivity index (χ4n) is 5.82. The zero-order chi connectivity index (χ0) is 28.5. The van der Waals surface area contributed by atoms with Crippen LogP contribution in [0, 0.1) is 17.2 Å². The number of carboxylic acid groups (broad SMARTS) is 1. The molecule has 1 aliphatic carbocycles. The van der Waals surface area contributed by atoms with Crippen LogP contribution in [0.2, 0.25) is 0 Å². The van der Waals surface area contributed by atoms with Crippen LogP contribution in [0.3, 0.4) is 0 Å². The summed E-state index contributed by atoms with van der Waals surface area (Å²) in [6.07, 6.45) is 3.77. The molecule has 2 fully saturated rings. The molecule has 0 spiro atoms. The number of halogens is 1. The minimum atomic E-state index is -1.64. The number of rotatable bonds is 10. The Morgan fingerprint density at radius 1 is 1.07 bits per heavy atom. The lowest BCUT2D eigenvalue weighted by Crippen LogP contribution is -2.48. The van der Waals surface area contributed by atoms with Gasteiger partial charge >= 0.3 is 5.97 Å². The zero-order valence-corrected chi connectivity index (χ0v) is 23.3. The standard InChI is InChI=1S/C33H37FO6/c1-32(2)14-5-15-40-33(32,37)29-16-21(8-12-26(29)28-18-24(38-3)11-13-30(28)34)20-39-25-7-4-6-23(17-25)27(19-31(35)36)22-9-10-22/h4,6-8,11-13,16-18,22,27,37H,5,9-10,14-15,19-20H2,1-3H3,(H,35,36)/t27-,33+/m1/s1. The summed E-state index contributed by atoms with van der Waals surface area (Å²) in [5.41, 5.74) is 2.46. The Labute approximate surface area is 234 Å². The smallest absolute Gasteiger partial charge is 0.303 e. The number of aliphatic hydroxyl groups is 1. The van der Waals surface area contributed by atoms with Crippen molar-refractivity contribution in [1.82, 2.24) is 0 Å². The average Bonchev–Trinajstić information content (AvgIpc) is 3.78. The number of aliphatic carboxylic acids is 1. The highest BCUT2D eigenvalue weighted by molar-refractivity contribution is 5.71. The number of ether oxygens (including phenoxy) is 3. The summed E-state index contributed by atoms with van der Waals surface area (Å²) in [6.45, 7) is 4.52. The second kappa shape index (κ2) is 11.2. The van der Waals surface area contributed by atoms with Crippen molar-refractivity contribution in [3.05, 3.63) is 83.2 Å². The summed E-state index contributed by atoms with van der Waals surface area (Å²) < 4.78 is 32.7. The molecule has 1 saturated heterocycles. The molecule has 6 nitrogen and oxygen atoms in total. The SMILES string of the molecule is COc1ccc(F)c(-c2ccc(COc3cccc([C@H](CC(=O)O)C4CC4)c3)cc2[C@]2(O)OCCCC2(C)C)c1. The Hall–Kier alpha value is -3.42. The summed E-state index contributed by atoms with van der Waals surface area (Å²) in [7, 11) is 1.53. The van der Waals surface area contributed by atoms with Crippen molar-refractivity contribution < 1.29 is 33.6 Å². The van der Waals surface area contributed by atoms with Crippen molar-refractivity contribution in [2.75, 3.05) is 13.7 Å². The molecule has 0 amide bonds. The van der Waals surface area contributed by atoms with Gasteiger partial charge in [-0.1, -0.05) is 38.1 Å². The normalized spacial score (nSPS) is 21.0. The van der Waals surface area contributed by atoms with Crippen molar-refractivity contribution >= 4 is 5.97 Å². The Balaban J connectivity index is 1.48. The minimum Gasteiger partial charge on any atom is -0.497 e. The van der Waals surface area contributed by atoms with Crippen molar-refractivity contribution in [3.8, 4) is 22.6 Å². The molecule has 2 atom stereocenters. The van der Waals surface area contributed by atoms with E-state index in [4.69, 9.17) is 14.2 Å². The zero-order valence-electron chi connectivity index (χ0n) is 23.3. The van der Waals surface area contributed by atoms with E-state index in [0.29, 0.717) is 40.7 Å². The lowest BCUT2D eigenvalue weighted by atomic mass is 9.72. The molecular formula is C33H37FO6. The van der Waals surface area contributed by atoms with Gasteiger partial charge in [-0.15, -0.1) is 0 Å². The molecule has 0 aromatic heterocycles. The molecule has 212 valence electrons. The van der Waals surface area contributed by atoms with Crippen LogP contribution >= 0.6 is 0 Å². The van der Waals surface area contributed by atoms with Crippen LogP contribution in [0.15, 0.2) is 60.7 Å². The van der Waals surface area contributed by atoms with Gasteiger partial charge < -0.3 is 24.4 Å². The number of hydrogen-bond acceptors (Lipinski definition) is 5. The number of methoxy groups -OCH3 is 1. The molecule has 5 rings (SSSR count). The van der Waals surface area contributed by atoms with Crippen molar-refractivity contribution in [3.63, 3.8) is 0 Å². The molecule has 0 unspecified atom stereocenters. The van der Waals surface area contributed by atoms with E-state index in [1.54, 1.807) is 18.2 Å². The average molecular weight is 549 g/mol. The summed E-state index contributed by atoms with van der Waals surface area (Å²) in [4.78, 5) is 11.4. The highest BCUT2D eigenvalue weighted by Crippen LogP contribution is 2.50. The van der Waals surface area contributed by atoms with E-state index in [0.717, 1.165) is 36.8 Å². The third-order valence-electron chi connectivity index (χ3n) is 8.36. The second-order valence-electron chi connectivity index (χ2n) is 11.6. The largest absolute Gasteiger partial charge is 0.497 e. The van der Waals surface area contributed by atoms with Gasteiger partial charge in [0.1, 0.15) is 23.9 Å². The van der Waals surface area contributed by atoms with Gasteiger partial charge in [0.15, 0.2) is 5.79 Å². The fraction of sp³-hybridized carbons (Fsp3) is 0.424. The van der Waals surface area contributed by atoms with E-state index in [2.05, 4.69) is 0 Å². The Kier molecular flexibility index (Phi) is 7.89. The first-order valence-corrected chi connectivity index (χ1v) is 13.9. The molecule has 1 aliphatic heterocycles. The van der Waals surface area contributed by atoms with Crippen LogP contribution in [-0.2, 0) is 21.9 Å². The van der Waals surface area contributed by atoms with Crippen molar-refractivity contribution in [2.45, 2.75) is 64.3 Å². The summed E-state index contributed by atoms with van der Waals surface area (Å²) in [6, 6.07) is 17.7. The number of carbonyl (C=O) groups is 1. The summed E-state index contributed by atoms with van der Waals surface area (Å²) in [5, 5.41) is 21.4. The lowest BCUT2D eigenvalue weighted by molar-refractivity contribution is -0.297. The molecule has 3 aromatic rings. The van der Waals surface area contributed by atoms with Crippen LogP contribution in [0.4, 0.5) is 4.39 Å². The van der Waals surface area contributed by atoms with Gasteiger partial charge in [0.25, 0.3) is 0 Å². The molecular weight excluding hydrogens is 511 g/mol. The molecule has 7 heteroatoms. The van der Waals surface area contributed by atoms with Crippen molar-refractivity contribution in [1.29, 1.82) is 0 Å². The third kappa shape index (κ3) is 5.72. The van der Waals surface area contributed by atoms with E-state index in [1.165, 1.54) is 13.2 Å². The van der Waals surface area contributed by atoms with Gasteiger partial charge in [0.05, 0.1) is 20.1 Å².